The van der Waals surface area contributed by atoms with Gasteiger partial charge in [-0.3, -0.25) is 10.4 Å². The van der Waals surface area contributed by atoms with Crippen LogP contribution in [0.4, 0.5) is 4.79 Å². The SMILES string of the molecule is C[C@H](CCCCOC(=O)OC(C)(C)C)ON(O)O. The Kier molecular flexibility index (Phi) is 7.85. The van der Waals surface area contributed by atoms with Crippen molar-refractivity contribution < 1.29 is 29.5 Å². The molecule has 0 bridgehead atoms. The average Bonchev–Trinajstić information content (AvgIpc) is 2.12. The lowest BCUT2D eigenvalue weighted by Crippen LogP contribution is -2.24. The maximum atomic E-state index is 11.2. The van der Waals surface area contributed by atoms with Crippen molar-refractivity contribution in [1.29, 1.82) is 0 Å². The molecule has 7 nitrogen and oxygen atoms in total. The molecule has 18 heavy (non-hydrogen) atoms. The number of carbonyl (C=O) groups excluding carboxylic acids is 1. The lowest BCUT2D eigenvalue weighted by atomic mass is 10.2. The molecule has 0 aromatic heterocycles. The fourth-order valence-corrected chi connectivity index (χ4v) is 1.18. The highest BCUT2D eigenvalue weighted by Gasteiger charge is 2.17. The minimum atomic E-state index is -0.677. The lowest BCUT2D eigenvalue weighted by Gasteiger charge is -2.18. The maximum Gasteiger partial charge on any atom is 0.508 e. The van der Waals surface area contributed by atoms with Crippen molar-refractivity contribution in [2.24, 2.45) is 0 Å². The topological polar surface area (TPSA) is 88.5 Å². The zero-order chi connectivity index (χ0) is 14.2. The van der Waals surface area contributed by atoms with Gasteiger partial charge in [-0.2, -0.15) is 0 Å². The minimum absolute atomic E-state index is 0.267. The second-order valence-electron chi connectivity index (χ2n) is 4.98. The summed E-state index contributed by atoms with van der Waals surface area (Å²) >= 11 is 0. The first kappa shape index (κ1) is 17.1. The van der Waals surface area contributed by atoms with Crippen LogP contribution < -0.4 is 0 Å². The Morgan fingerprint density at radius 2 is 1.89 bits per heavy atom. The summed E-state index contributed by atoms with van der Waals surface area (Å²) in [5.41, 5.74) is -0.550. The highest BCUT2D eigenvalue weighted by atomic mass is 17.1. The van der Waals surface area contributed by atoms with Crippen LogP contribution in [0.2, 0.25) is 0 Å². The van der Waals surface area contributed by atoms with Crippen molar-refractivity contribution in [1.82, 2.24) is 5.39 Å². The van der Waals surface area contributed by atoms with Gasteiger partial charge in [0.25, 0.3) is 0 Å². The van der Waals surface area contributed by atoms with E-state index in [-0.39, 0.29) is 18.1 Å². The monoisotopic (exact) mass is 265 g/mol. The van der Waals surface area contributed by atoms with E-state index in [2.05, 4.69) is 4.84 Å². The zero-order valence-corrected chi connectivity index (χ0v) is 11.4. The van der Waals surface area contributed by atoms with Crippen LogP contribution in [0.15, 0.2) is 0 Å². The standard InChI is InChI=1S/C11H23NO6/c1-9(18-12(14)15)7-5-6-8-16-10(13)17-11(2,3)4/h9,14-15H,5-8H2,1-4H3/t9-/m1/s1. The third kappa shape index (κ3) is 11.6. The Balaban J connectivity index is 3.48. The van der Waals surface area contributed by atoms with Gasteiger partial charge in [0.1, 0.15) is 5.60 Å². The molecule has 0 aliphatic rings. The largest absolute Gasteiger partial charge is 0.508 e. The maximum absolute atomic E-state index is 11.2. The average molecular weight is 265 g/mol. The Labute approximate surface area is 107 Å². The summed E-state index contributed by atoms with van der Waals surface area (Å²) in [5, 5.41) is 16.5. The first-order chi connectivity index (χ1) is 8.20. The van der Waals surface area contributed by atoms with E-state index in [0.29, 0.717) is 12.8 Å². The molecule has 0 fully saturated rings. The van der Waals surface area contributed by atoms with Crippen molar-refractivity contribution in [2.75, 3.05) is 6.61 Å². The van der Waals surface area contributed by atoms with Crippen LogP contribution in [-0.4, -0.2) is 40.3 Å². The highest BCUT2D eigenvalue weighted by molar-refractivity contribution is 5.60. The quantitative estimate of drug-likeness (QED) is 0.415. The predicted octanol–water partition coefficient (Wildman–Crippen LogP) is 2.51. The van der Waals surface area contributed by atoms with Gasteiger partial charge in [0.05, 0.1) is 18.1 Å². The van der Waals surface area contributed by atoms with Crippen LogP contribution >= 0.6 is 0 Å². The Hall–Kier alpha value is -0.890. The Morgan fingerprint density at radius 3 is 2.39 bits per heavy atom. The van der Waals surface area contributed by atoms with Crippen LogP contribution in [-0.2, 0) is 14.3 Å². The second kappa shape index (κ2) is 8.25. The van der Waals surface area contributed by atoms with Crippen LogP contribution in [0.25, 0.3) is 0 Å². The first-order valence-electron chi connectivity index (χ1n) is 5.91. The summed E-state index contributed by atoms with van der Waals surface area (Å²) in [5.74, 6) is 0. The number of hydrogen-bond donors (Lipinski definition) is 2. The van der Waals surface area contributed by atoms with E-state index in [0.717, 1.165) is 6.42 Å². The molecule has 108 valence electrons. The minimum Gasteiger partial charge on any atom is -0.434 e. The van der Waals surface area contributed by atoms with Gasteiger partial charge in [-0.15, -0.1) is 0 Å². The molecule has 0 radical (unpaired) electrons. The van der Waals surface area contributed by atoms with E-state index < -0.39 is 11.8 Å². The van der Waals surface area contributed by atoms with E-state index in [9.17, 15) is 4.79 Å². The van der Waals surface area contributed by atoms with Crippen molar-refractivity contribution in [3.8, 4) is 0 Å². The molecule has 0 aliphatic carbocycles. The summed E-state index contributed by atoms with van der Waals surface area (Å²) in [4.78, 5) is 15.7. The van der Waals surface area contributed by atoms with E-state index in [1.807, 2.05) is 0 Å². The van der Waals surface area contributed by atoms with Crippen LogP contribution in [0.5, 0.6) is 0 Å². The van der Waals surface area contributed by atoms with Gasteiger partial charge in [0.15, 0.2) is 0 Å². The molecule has 0 amide bonds. The van der Waals surface area contributed by atoms with Gasteiger partial charge in [-0.25, -0.2) is 9.63 Å². The van der Waals surface area contributed by atoms with Crippen molar-refractivity contribution in [2.45, 2.75) is 58.7 Å². The van der Waals surface area contributed by atoms with Gasteiger partial charge in [0, 0.05) is 0 Å². The summed E-state index contributed by atoms with van der Waals surface area (Å²) in [7, 11) is 0. The summed E-state index contributed by atoms with van der Waals surface area (Å²) in [6.45, 7) is 7.27. The molecule has 2 N–H and O–H groups in total. The molecule has 1 atom stereocenters. The molecule has 0 spiro atoms. The van der Waals surface area contributed by atoms with Gasteiger partial charge in [-0.1, -0.05) is 0 Å². The summed E-state index contributed by atoms with van der Waals surface area (Å²) < 4.78 is 9.83. The number of rotatable bonds is 7. The van der Waals surface area contributed by atoms with Gasteiger partial charge < -0.3 is 9.47 Å². The predicted molar refractivity (Wildman–Crippen MR) is 62.0 cm³/mol. The molecule has 0 aromatic rings. The van der Waals surface area contributed by atoms with Crippen molar-refractivity contribution >= 4 is 6.16 Å². The van der Waals surface area contributed by atoms with E-state index in [1.165, 1.54) is 0 Å². The molecule has 0 saturated heterocycles. The molecule has 0 aliphatic heterocycles. The summed E-state index contributed by atoms with van der Waals surface area (Å²) in [6.07, 6.45) is 1.02. The number of unbranched alkanes of at least 4 members (excludes halogenated alkanes) is 1. The summed E-state index contributed by atoms with van der Waals surface area (Å²) in [6, 6.07) is 0. The molecular weight excluding hydrogens is 242 g/mol. The normalized spacial score (nSPS) is 13.5. The molecule has 0 saturated carbocycles. The molecule has 0 aromatic carbocycles. The number of hydrogen-bond acceptors (Lipinski definition) is 7. The van der Waals surface area contributed by atoms with Gasteiger partial charge in [-0.05, 0) is 47.0 Å². The number of ether oxygens (including phenoxy) is 2. The van der Waals surface area contributed by atoms with E-state index in [1.54, 1.807) is 27.7 Å². The Bertz CT molecular complexity index is 238. The fourth-order valence-electron chi connectivity index (χ4n) is 1.18. The first-order valence-corrected chi connectivity index (χ1v) is 5.91. The third-order valence-electron chi connectivity index (χ3n) is 1.89. The molecule has 0 rings (SSSR count). The number of nitrogens with zero attached hydrogens (tertiary/aromatic N) is 1. The van der Waals surface area contributed by atoms with E-state index >= 15 is 0 Å². The van der Waals surface area contributed by atoms with Crippen molar-refractivity contribution in [3.63, 3.8) is 0 Å². The molecule has 0 unspecified atom stereocenters. The van der Waals surface area contributed by atoms with E-state index in [4.69, 9.17) is 19.9 Å². The smallest absolute Gasteiger partial charge is 0.434 e. The Morgan fingerprint density at radius 1 is 1.28 bits per heavy atom. The van der Waals surface area contributed by atoms with Crippen LogP contribution in [0.3, 0.4) is 0 Å². The van der Waals surface area contributed by atoms with Crippen molar-refractivity contribution in [3.05, 3.63) is 0 Å². The zero-order valence-electron chi connectivity index (χ0n) is 11.4. The number of carbonyl (C=O) groups is 1. The fraction of sp³-hybridized carbons (Fsp3) is 0.909. The molecule has 7 heteroatoms. The van der Waals surface area contributed by atoms with Crippen LogP contribution in [0, 0.1) is 0 Å². The van der Waals surface area contributed by atoms with Gasteiger partial charge >= 0.3 is 6.16 Å². The second-order valence-corrected chi connectivity index (χ2v) is 4.98. The highest BCUT2D eigenvalue weighted by Crippen LogP contribution is 2.09. The van der Waals surface area contributed by atoms with Gasteiger partial charge in [0.2, 0.25) is 0 Å². The van der Waals surface area contributed by atoms with Crippen LogP contribution in [0.1, 0.15) is 47.0 Å². The lowest BCUT2D eigenvalue weighted by molar-refractivity contribution is -0.503. The molecule has 0 heterocycles. The molecular formula is C11H23NO6. The third-order valence-corrected chi connectivity index (χ3v) is 1.89.